The molecule has 0 unspecified atom stereocenters. The van der Waals surface area contributed by atoms with Crippen LogP contribution in [-0.2, 0) is 4.74 Å². The number of nitrogens with zero attached hydrogens (tertiary/aromatic N) is 1. The van der Waals surface area contributed by atoms with Gasteiger partial charge in [0.05, 0.1) is 13.2 Å². The second kappa shape index (κ2) is 7.79. The molecule has 1 aromatic heterocycles. The van der Waals surface area contributed by atoms with E-state index in [4.69, 9.17) is 20.8 Å². The van der Waals surface area contributed by atoms with Crippen LogP contribution in [0, 0.1) is 0 Å². The van der Waals surface area contributed by atoms with Crippen LogP contribution in [0.25, 0.3) is 11.0 Å². The highest BCUT2D eigenvalue weighted by molar-refractivity contribution is 6.31. The molecule has 0 atom stereocenters. The van der Waals surface area contributed by atoms with Gasteiger partial charge in [0.2, 0.25) is 0 Å². The smallest absolute Gasteiger partial charge is 0.349 e. The van der Waals surface area contributed by atoms with Gasteiger partial charge in [-0.2, -0.15) is 0 Å². The molecule has 1 fully saturated rings. The zero-order chi connectivity index (χ0) is 16.9. The second-order valence-corrected chi connectivity index (χ2v) is 6.13. The van der Waals surface area contributed by atoms with Gasteiger partial charge >= 0.3 is 5.63 Å². The number of amides is 1. The van der Waals surface area contributed by atoms with Gasteiger partial charge in [0, 0.05) is 30.0 Å². The molecule has 3 rings (SSSR count). The maximum Gasteiger partial charge on any atom is 0.349 e. The average Bonchev–Trinajstić information content (AvgIpc) is 2.59. The first kappa shape index (κ1) is 17.0. The van der Waals surface area contributed by atoms with Crippen molar-refractivity contribution < 1.29 is 13.9 Å². The molecule has 0 bridgehead atoms. The monoisotopic (exact) mass is 350 g/mol. The number of nitrogens with one attached hydrogen (secondary N) is 1. The largest absolute Gasteiger partial charge is 0.422 e. The second-order valence-electron chi connectivity index (χ2n) is 5.69. The van der Waals surface area contributed by atoms with E-state index in [1.807, 2.05) is 0 Å². The summed E-state index contributed by atoms with van der Waals surface area (Å²) in [4.78, 5) is 26.5. The van der Waals surface area contributed by atoms with Crippen LogP contribution in [0.3, 0.4) is 0 Å². The highest BCUT2D eigenvalue weighted by atomic mass is 35.5. The first-order valence-electron chi connectivity index (χ1n) is 7.95. The Kier molecular flexibility index (Phi) is 5.50. The fourth-order valence-electron chi connectivity index (χ4n) is 2.68. The number of carbonyl (C=O) groups is 1. The molecule has 0 radical (unpaired) electrons. The Morgan fingerprint density at radius 2 is 2.04 bits per heavy atom. The number of ether oxygens (including phenoxy) is 1. The fourth-order valence-corrected chi connectivity index (χ4v) is 2.86. The molecule has 1 amide bonds. The molecule has 1 aromatic carbocycles. The molecule has 0 saturated carbocycles. The van der Waals surface area contributed by atoms with Crippen LogP contribution in [0.4, 0.5) is 0 Å². The molecule has 1 N–H and O–H groups in total. The minimum Gasteiger partial charge on any atom is -0.422 e. The number of morpholine rings is 1. The Morgan fingerprint density at radius 3 is 2.83 bits per heavy atom. The summed E-state index contributed by atoms with van der Waals surface area (Å²) in [5, 5.41) is 3.92. The minimum absolute atomic E-state index is 0.00357. The maximum absolute atomic E-state index is 12.2. The van der Waals surface area contributed by atoms with Crippen LogP contribution in [0.15, 0.2) is 33.5 Å². The summed E-state index contributed by atoms with van der Waals surface area (Å²) < 4.78 is 10.5. The van der Waals surface area contributed by atoms with E-state index in [0.29, 0.717) is 22.5 Å². The molecule has 0 spiro atoms. The Hall–Kier alpha value is -1.89. The van der Waals surface area contributed by atoms with Crippen molar-refractivity contribution in [2.45, 2.75) is 6.42 Å². The average molecular weight is 351 g/mol. The van der Waals surface area contributed by atoms with Gasteiger partial charge < -0.3 is 14.5 Å². The van der Waals surface area contributed by atoms with Crippen molar-refractivity contribution in [3.8, 4) is 0 Å². The summed E-state index contributed by atoms with van der Waals surface area (Å²) in [6.07, 6.45) is 0.816. The lowest BCUT2D eigenvalue weighted by molar-refractivity contribution is 0.0374. The highest BCUT2D eigenvalue weighted by Crippen LogP contribution is 2.18. The van der Waals surface area contributed by atoms with Crippen LogP contribution in [0.1, 0.15) is 16.8 Å². The third kappa shape index (κ3) is 4.14. The third-order valence-electron chi connectivity index (χ3n) is 3.98. The minimum atomic E-state index is -0.643. The summed E-state index contributed by atoms with van der Waals surface area (Å²) in [6, 6.07) is 6.43. The molecule has 7 heteroatoms. The molecule has 6 nitrogen and oxygen atoms in total. The van der Waals surface area contributed by atoms with Gasteiger partial charge in [-0.3, -0.25) is 9.69 Å². The fraction of sp³-hybridized carbons (Fsp3) is 0.412. The molecule has 24 heavy (non-hydrogen) atoms. The number of fused-ring (bicyclic) bond motifs is 1. The molecule has 0 aliphatic carbocycles. The quantitative estimate of drug-likeness (QED) is 0.658. The molecular weight excluding hydrogens is 332 g/mol. The van der Waals surface area contributed by atoms with Gasteiger partial charge in [0.15, 0.2) is 0 Å². The number of halogens is 1. The van der Waals surface area contributed by atoms with Gasteiger partial charge in [0.25, 0.3) is 5.91 Å². The van der Waals surface area contributed by atoms with E-state index in [2.05, 4.69) is 10.2 Å². The van der Waals surface area contributed by atoms with Gasteiger partial charge in [0.1, 0.15) is 11.1 Å². The van der Waals surface area contributed by atoms with Crippen molar-refractivity contribution in [1.82, 2.24) is 10.2 Å². The molecular formula is C17H19ClN2O4. The van der Waals surface area contributed by atoms with E-state index in [0.717, 1.165) is 39.3 Å². The SMILES string of the molecule is O=C(NCCCN1CCOCC1)c1cc2cc(Cl)ccc2oc1=O. The zero-order valence-electron chi connectivity index (χ0n) is 13.2. The van der Waals surface area contributed by atoms with Gasteiger partial charge in [-0.25, -0.2) is 4.79 Å². The summed E-state index contributed by atoms with van der Waals surface area (Å²) in [5.74, 6) is -0.424. The van der Waals surface area contributed by atoms with Crippen LogP contribution >= 0.6 is 11.6 Å². The lowest BCUT2D eigenvalue weighted by Gasteiger charge is -2.26. The van der Waals surface area contributed by atoms with Crippen LogP contribution in [0.5, 0.6) is 0 Å². The van der Waals surface area contributed by atoms with Crippen molar-refractivity contribution in [3.05, 3.63) is 45.3 Å². The van der Waals surface area contributed by atoms with E-state index >= 15 is 0 Å². The van der Waals surface area contributed by atoms with Crippen molar-refractivity contribution >= 4 is 28.5 Å². The summed E-state index contributed by atoms with van der Waals surface area (Å²) >= 11 is 5.93. The van der Waals surface area contributed by atoms with Crippen molar-refractivity contribution in [1.29, 1.82) is 0 Å². The Bertz CT molecular complexity index is 784. The van der Waals surface area contributed by atoms with E-state index < -0.39 is 11.5 Å². The number of hydrogen-bond donors (Lipinski definition) is 1. The van der Waals surface area contributed by atoms with E-state index in [1.165, 1.54) is 6.07 Å². The number of benzene rings is 1. The molecule has 1 saturated heterocycles. The first-order valence-corrected chi connectivity index (χ1v) is 8.33. The Morgan fingerprint density at radius 1 is 1.25 bits per heavy atom. The lowest BCUT2D eigenvalue weighted by atomic mass is 10.2. The standard InChI is InChI=1S/C17H19ClN2O4/c18-13-2-3-15-12(10-13)11-14(17(22)24-15)16(21)19-4-1-5-20-6-8-23-9-7-20/h2-3,10-11H,1,4-9H2,(H,19,21). The van der Waals surface area contributed by atoms with Crippen molar-refractivity contribution in [2.24, 2.45) is 0 Å². The lowest BCUT2D eigenvalue weighted by Crippen LogP contribution is -2.38. The predicted molar refractivity (Wildman–Crippen MR) is 91.7 cm³/mol. The molecule has 1 aliphatic heterocycles. The van der Waals surface area contributed by atoms with Crippen molar-refractivity contribution in [3.63, 3.8) is 0 Å². The summed E-state index contributed by atoms with van der Waals surface area (Å²) in [6.45, 7) is 4.75. The van der Waals surface area contributed by atoms with Gasteiger partial charge in [-0.05, 0) is 37.2 Å². The van der Waals surface area contributed by atoms with Crippen LogP contribution in [0.2, 0.25) is 5.02 Å². The van der Waals surface area contributed by atoms with Gasteiger partial charge in [-0.15, -0.1) is 0 Å². The Labute approximate surface area is 144 Å². The molecule has 2 heterocycles. The predicted octanol–water partition coefficient (Wildman–Crippen LogP) is 1.90. The van der Waals surface area contributed by atoms with Crippen LogP contribution in [-0.4, -0.2) is 50.2 Å². The zero-order valence-corrected chi connectivity index (χ0v) is 14.0. The third-order valence-corrected chi connectivity index (χ3v) is 4.21. The highest BCUT2D eigenvalue weighted by Gasteiger charge is 2.14. The Balaban J connectivity index is 1.59. The first-order chi connectivity index (χ1) is 11.6. The number of carbonyl (C=O) groups excluding carboxylic acids is 1. The van der Waals surface area contributed by atoms with E-state index in [-0.39, 0.29) is 5.56 Å². The maximum atomic E-state index is 12.2. The van der Waals surface area contributed by atoms with E-state index in [9.17, 15) is 9.59 Å². The summed E-state index contributed by atoms with van der Waals surface area (Å²) in [7, 11) is 0. The molecule has 2 aromatic rings. The number of hydrogen-bond acceptors (Lipinski definition) is 5. The molecule has 1 aliphatic rings. The molecule has 128 valence electrons. The van der Waals surface area contributed by atoms with Crippen LogP contribution < -0.4 is 10.9 Å². The normalized spacial score (nSPS) is 15.5. The van der Waals surface area contributed by atoms with Crippen molar-refractivity contribution in [2.75, 3.05) is 39.4 Å². The topological polar surface area (TPSA) is 71.8 Å². The number of rotatable bonds is 5. The summed E-state index contributed by atoms with van der Waals surface area (Å²) in [5.41, 5.74) is -0.236. The van der Waals surface area contributed by atoms with Gasteiger partial charge in [-0.1, -0.05) is 11.6 Å². The van der Waals surface area contributed by atoms with E-state index in [1.54, 1.807) is 18.2 Å².